The average molecular weight is 358 g/mol. The molecule has 4 nitrogen and oxygen atoms in total. The number of anilines is 1. The molecule has 0 bridgehead atoms. The van der Waals surface area contributed by atoms with Gasteiger partial charge in [-0.25, -0.2) is 0 Å². The number of rotatable bonds is 6. The van der Waals surface area contributed by atoms with E-state index in [1.54, 1.807) is 0 Å². The predicted molar refractivity (Wildman–Crippen MR) is 91.1 cm³/mol. The zero-order valence-corrected chi connectivity index (χ0v) is 14.3. The molecule has 1 aromatic carbocycles. The fourth-order valence-corrected chi connectivity index (χ4v) is 2.24. The van der Waals surface area contributed by atoms with Crippen LogP contribution >= 0.6 is 28.1 Å². The topological polar surface area (TPSA) is 58.4 Å². The van der Waals surface area contributed by atoms with E-state index < -0.39 is 0 Å². The van der Waals surface area contributed by atoms with Gasteiger partial charge in [0.05, 0.1) is 6.54 Å². The third-order valence-electron chi connectivity index (χ3n) is 2.72. The van der Waals surface area contributed by atoms with Gasteiger partial charge in [-0.05, 0) is 24.1 Å². The first-order valence-corrected chi connectivity index (χ1v) is 7.58. The third kappa shape index (κ3) is 5.09. The molecule has 0 saturated heterocycles. The molecule has 1 aromatic rings. The van der Waals surface area contributed by atoms with Gasteiger partial charge >= 0.3 is 0 Å². The molecule has 0 spiro atoms. The summed E-state index contributed by atoms with van der Waals surface area (Å²) in [6.45, 7) is 5.06. The molecular formula is C14H20BrN3OS. The SMILES string of the molecule is CC(C)CNC(=O)CN(C)c1ccc(Br)cc1C(N)=S. The van der Waals surface area contributed by atoms with Gasteiger partial charge in [0, 0.05) is 29.3 Å². The van der Waals surface area contributed by atoms with Crippen LogP contribution in [-0.2, 0) is 4.79 Å². The van der Waals surface area contributed by atoms with Gasteiger partial charge in [0.15, 0.2) is 0 Å². The Hall–Kier alpha value is -1.14. The zero-order chi connectivity index (χ0) is 15.3. The van der Waals surface area contributed by atoms with Crippen molar-refractivity contribution in [2.45, 2.75) is 13.8 Å². The highest BCUT2D eigenvalue weighted by Gasteiger charge is 2.13. The summed E-state index contributed by atoms with van der Waals surface area (Å²) >= 11 is 8.45. The van der Waals surface area contributed by atoms with E-state index in [-0.39, 0.29) is 12.5 Å². The fourth-order valence-electron chi connectivity index (χ4n) is 1.71. The normalized spacial score (nSPS) is 10.4. The van der Waals surface area contributed by atoms with Crippen molar-refractivity contribution in [2.75, 3.05) is 25.0 Å². The molecule has 0 saturated carbocycles. The maximum atomic E-state index is 11.9. The third-order valence-corrected chi connectivity index (χ3v) is 3.44. The molecule has 1 amide bonds. The molecule has 0 aromatic heterocycles. The molecule has 0 unspecified atom stereocenters. The van der Waals surface area contributed by atoms with Gasteiger partial charge in [-0.2, -0.15) is 0 Å². The quantitative estimate of drug-likeness (QED) is 0.766. The van der Waals surface area contributed by atoms with Gasteiger partial charge in [0.1, 0.15) is 4.99 Å². The number of carbonyl (C=O) groups is 1. The van der Waals surface area contributed by atoms with Crippen LogP contribution in [0.1, 0.15) is 19.4 Å². The number of nitrogens with zero attached hydrogens (tertiary/aromatic N) is 1. The van der Waals surface area contributed by atoms with Crippen LogP contribution in [0, 0.1) is 5.92 Å². The van der Waals surface area contributed by atoms with Crippen LogP contribution in [0.2, 0.25) is 0 Å². The molecule has 20 heavy (non-hydrogen) atoms. The van der Waals surface area contributed by atoms with Crippen molar-refractivity contribution < 1.29 is 4.79 Å². The highest BCUT2D eigenvalue weighted by atomic mass is 79.9. The summed E-state index contributed by atoms with van der Waals surface area (Å²) in [5.74, 6) is 0.419. The van der Waals surface area contributed by atoms with Crippen LogP contribution in [0.3, 0.4) is 0 Å². The lowest BCUT2D eigenvalue weighted by Crippen LogP contribution is -2.37. The largest absolute Gasteiger partial charge is 0.389 e. The second-order valence-electron chi connectivity index (χ2n) is 5.08. The summed E-state index contributed by atoms with van der Waals surface area (Å²) in [6.07, 6.45) is 0. The number of hydrogen-bond acceptors (Lipinski definition) is 3. The molecule has 0 aliphatic rings. The number of nitrogens with one attached hydrogen (secondary N) is 1. The molecular weight excluding hydrogens is 338 g/mol. The fraction of sp³-hybridized carbons (Fsp3) is 0.429. The molecule has 110 valence electrons. The minimum absolute atomic E-state index is 0.0157. The molecule has 0 heterocycles. The smallest absolute Gasteiger partial charge is 0.239 e. The van der Waals surface area contributed by atoms with Crippen molar-refractivity contribution in [3.63, 3.8) is 0 Å². The Labute approximate surface area is 133 Å². The number of thiocarbonyl (C=S) groups is 1. The van der Waals surface area contributed by atoms with Crippen LogP contribution in [0.4, 0.5) is 5.69 Å². The van der Waals surface area contributed by atoms with Crippen molar-refractivity contribution in [1.29, 1.82) is 0 Å². The van der Waals surface area contributed by atoms with E-state index in [1.807, 2.05) is 30.1 Å². The van der Waals surface area contributed by atoms with E-state index in [4.69, 9.17) is 18.0 Å². The monoisotopic (exact) mass is 357 g/mol. The van der Waals surface area contributed by atoms with Crippen molar-refractivity contribution in [3.8, 4) is 0 Å². The number of benzene rings is 1. The molecule has 0 radical (unpaired) electrons. The Balaban J connectivity index is 2.79. The number of carbonyl (C=O) groups excluding carboxylic acids is 1. The van der Waals surface area contributed by atoms with E-state index in [0.717, 1.165) is 15.7 Å². The highest BCUT2D eigenvalue weighted by Crippen LogP contribution is 2.23. The Kier molecular flexibility index (Phi) is 6.42. The Bertz CT molecular complexity index is 505. The van der Waals surface area contributed by atoms with Crippen molar-refractivity contribution >= 4 is 44.7 Å². The highest BCUT2D eigenvalue weighted by molar-refractivity contribution is 9.10. The van der Waals surface area contributed by atoms with Crippen LogP contribution in [0.5, 0.6) is 0 Å². The van der Waals surface area contributed by atoms with Gasteiger partial charge in [-0.15, -0.1) is 0 Å². The molecule has 1 rings (SSSR count). The van der Waals surface area contributed by atoms with Crippen molar-refractivity contribution in [2.24, 2.45) is 11.7 Å². The first-order valence-electron chi connectivity index (χ1n) is 6.38. The number of likely N-dealkylation sites (N-methyl/N-ethyl adjacent to an activating group) is 1. The van der Waals surface area contributed by atoms with E-state index in [0.29, 0.717) is 17.5 Å². The lowest BCUT2D eigenvalue weighted by atomic mass is 10.1. The van der Waals surface area contributed by atoms with Crippen LogP contribution in [-0.4, -0.2) is 31.0 Å². The number of halogens is 1. The van der Waals surface area contributed by atoms with Crippen molar-refractivity contribution in [3.05, 3.63) is 28.2 Å². The maximum absolute atomic E-state index is 11.9. The standard InChI is InChI=1S/C14H20BrN3OS/c1-9(2)7-17-13(19)8-18(3)12-5-4-10(15)6-11(12)14(16)20/h4-6,9H,7-8H2,1-3H3,(H2,16,20)(H,17,19). The summed E-state index contributed by atoms with van der Waals surface area (Å²) in [7, 11) is 1.85. The average Bonchev–Trinajstić information content (AvgIpc) is 2.35. The summed E-state index contributed by atoms with van der Waals surface area (Å²) in [4.78, 5) is 14.0. The second-order valence-corrected chi connectivity index (χ2v) is 6.44. The van der Waals surface area contributed by atoms with Gasteiger partial charge in [-0.3, -0.25) is 4.79 Å². The Morgan fingerprint density at radius 1 is 1.50 bits per heavy atom. The molecule has 0 fully saturated rings. The van der Waals surface area contributed by atoms with E-state index >= 15 is 0 Å². The van der Waals surface area contributed by atoms with Gasteiger partial charge < -0.3 is 16.0 Å². The summed E-state index contributed by atoms with van der Waals surface area (Å²) in [5.41, 5.74) is 7.34. The second kappa shape index (κ2) is 7.59. The molecule has 3 N–H and O–H groups in total. The van der Waals surface area contributed by atoms with Crippen LogP contribution < -0.4 is 16.0 Å². The van der Waals surface area contributed by atoms with Gasteiger partial charge in [0.25, 0.3) is 0 Å². The minimum Gasteiger partial charge on any atom is -0.389 e. The van der Waals surface area contributed by atoms with E-state index in [1.165, 1.54) is 0 Å². The van der Waals surface area contributed by atoms with Crippen LogP contribution in [0.15, 0.2) is 22.7 Å². The Morgan fingerprint density at radius 2 is 2.15 bits per heavy atom. The number of hydrogen-bond donors (Lipinski definition) is 2. The van der Waals surface area contributed by atoms with Gasteiger partial charge in [-0.1, -0.05) is 42.0 Å². The number of nitrogens with two attached hydrogens (primary N) is 1. The molecule has 0 aliphatic heterocycles. The van der Waals surface area contributed by atoms with E-state index in [9.17, 15) is 4.79 Å². The number of amides is 1. The predicted octanol–water partition coefficient (Wildman–Crippen LogP) is 2.29. The zero-order valence-electron chi connectivity index (χ0n) is 11.9. The Morgan fingerprint density at radius 3 is 2.70 bits per heavy atom. The van der Waals surface area contributed by atoms with E-state index in [2.05, 4.69) is 35.1 Å². The summed E-state index contributed by atoms with van der Waals surface area (Å²) < 4.78 is 0.904. The molecule has 0 atom stereocenters. The molecule has 6 heteroatoms. The van der Waals surface area contributed by atoms with Crippen LogP contribution in [0.25, 0.3) is 0 Å². The minimum atomic E-state index is -0.0157. The lowest BCUT2D eigenvalue weighted by molar-refractivity contribution is -0.119. The first kappa shape index (κ1) is 16.9. The summed E-state index contributed by atoms with van der Waals surface area (Å²) in [5, 5.41) is 2.89. The molecule has 0 aliphatic carbocycles. The lowest BCUT2D eigenvalue weighted by Gasteiger charge is -2.22. The van der Waals surface area contributed by atoms with Gasteiger partial charge in [0.2, 0.25) is 5.91 Å². The van der Waals surface area contributed by atoms with Crippen molar-refractivity contribution in [1.82, 2.24) is 5.32 Å². The summed E-state index contributed by atoms with van der Waals surface area (Å²) in [6, 6.07) is 5.66. The maximum Gasteiger partial charge on any atom is 0.239 e. The first-order chi connectivity index (χ1) is 9.31.